The molecular weight excluding hydrogens is 1060 g/mol. The molecule has 17 nitrogen and oxygen atoms in total. The van der Waals surface area contributed by atoms with E-state index in [1.165, 1.54) is 23.2 Å². The van der Waals surface area contributed by atoms with Crippen molar-refractivity contribution in [3.63, 3.8) is 0 Å². The minimum absolute atomic E-state index is 0.000295. The van der Waals surface area contributed by atoms with Crippen LogP contribution in [0.15, 0.2) is 95.6 Å². The summed E-state index contributed by atoms with van der Waals surface area (Å²) in [5.74, 6) is -0.836. The number of carbonyl (C=O) groups excluding carboxylic acids is 4. The van der Waals surface area contributed by atoms with Crippen molar-refractivity contribution in [2.45, 2.75) is 98.5 Å². The van der Waals surface area contributed by atoms with Gasteiger partial charge in [0.2, 0.25) is 23.6 Å². The molecule has 0 unspecified atom stereocenters. The largest absolute Gasteiger partial charge is 0.492 e. The van der Waals surface area contributed by atoms with Gasteiger partial charge in [-0.05, 0) is 86.2 Å². The molecule has 406 valence electrons. The van der Waals surface area contributed by atoms with Crippen LogP contribution in [0.2, 0.25) is 5.02 Å². The first kappa shape index (κ1) is 55.5. The minimum Gasteiger partial charge on any atom is -0.492 e. The molecule has 4 amide bonds. The Hall–Kier alpha value is -7.23. The number of halogens is 2. The van der Waals surface area contributed by atoms with Crippen LogP contribution in [0, 0.1) is 38.9 Å². The van der Waals surface area contributed by atoms with Gasteiger partial charge in [-0.3, -0.25) is 33.7 Å². The Kier molecular flexibility index (Phi) is 16.9. The van der Waals surface area contributed by atoms with Crippen molar-refractivity contribution >= 4 is 69.3 Å². The minimum atomic E-state index is -1.00. The molecule has 0 radical (unpaired) electrons. The number of β-amino-alcohol motifs (C(OH)–C–C–N with tert-alkyl or cyclic N) is 1. The fraction of sp³-hybridized carbons (Fsp3) is 0.351. The molecular formula is C57H60ClFN10O7S2. The number of thiazole rings is 1. The van der Waals surface area contributed by atoms with Gasteiger partial charge >= 0.3 is 0 Å². The van der Waals surface area contributed by atoms with E-state index in [-0.39, 0.29) is 51.4 Å². The number of hydrogen-bond acceptors (Lipinski definition) is 14. The van der Waals surface area contributed by atoms with Gasteiger partial charge in [0.1, 0.15) is 47.1 Å². The van der Waals surface area contributed by atoms with Crippen molar-refractivity contribution in [1.29, 1.82) is 0 Å². The maximum atomic E-state index is 15.7. The number of carbonyl (C=O) groups is 4. The quantitative estimate of drug-likeness (QED) is 0.0595. The summed E-state index contributed by atoms with van der Waals surface area (Å²) >= 11 is 9.42. The van der Waals surface area contributed by atoms with Crippen LogP contribution < -0.4 is 20.7 Å². The number of thiophene rings is 1. The molecule has 9 rings (SSSR count). The lowest BCUT2D eigenvalue weighted by Gasteiger charge is -2.35. The van der Waals surface area contributed by atoms with Crippen LogP contribution >= 0.6 is 34.3 Å². The van der Waals surface area contributed by atoms with Gasteiger partial charge in [-0.1, -0.05) is 74.8 Å². The Labute approximate surface area is 464 Å². The predicted octanol–water partition coefficient (Wildman–Crippen LogP) is 9.06. The van der Waals surface area contributed by atoms with Crippen molar-refractivity contribution in [3.05, 3.63) is 146 Å². The molecule has 6 heterocycles. The number of nitrogens with one attached hydrogen (secondary N) is 3. The van der Waals surface area contributed by atoms with Gasteiger partial charge in [-0.25, -0.2) is 9.37 Å². The molecule has 1 saturated heterocycles. The molecule has 2 aliphatic rings. The van der Waals surface area contributed by atoms with Crippen molar-refractivity contribution < 1.29 is 38.1 Å². The van der Waals surface area contributed by atoms with Crippen molar-refractivity contribution in [1.82, 2.24) is 40.3 Å². The van der Waals surface area contributed by atoms with Crippen molar-refractivity contribution in [3.8, 4) is 32.4 Å². The zero-order chi connectivity index (χ0) is 55.4. The molecule has 0 aliphatic carbocycles. The summed E-state index contributed by atoms with van der Waals surface area (Å²) in [6.07, 6.45) is 0.999. The monoisotopic (exact) mass is 1110 g/mol. The Morgan fingerprint density at radius 2 is 1.65 bits per heavy atom. The predicted molar refractivity (Wildman–Crippen MR) is 299 cm³/mol. The number of rotatable bonds is 18. The number of aliphatic hydroxyl groups excluding tert-OH is 1. The van der Waals surface area contributed by atoms with Crippen molar-refractivity contribution in [2.24, 2.45) is 10.4 Å². The Morgan fingerprint density at radius 3 is 2.35 bits per heavy atom. The number of nitrogens with zero attached hydrogens (tertiary/aromatic N) is 7. The van der Waals surface area contributed by atoms with Crippen LogP contribution in [0.5, 0.6) is 5.75 Å². The van der Waals surface area contributed by atoms with E-state index in [1.54, 1.807) is 58.5 Å². The van der Waals surface area contributed by atoms with E-state index in [1.807, 2.05) is 82.5 Å². The molecule has 0 spiro atoms. The molecule has 3 aromatic carbocycles. The molecule has 1 fully saturated rings. The highest BCUT2D eigenvalue weighted by atomic mass is 35.5. The number of benzene rings is 3. The van der Waals surface area contributed by atoms with Crippen LogP contribution in [-0.2, 0) is 30.5 Å². The van der Waals surface area contributed by atoms with E-state index in [2.05, 4.69) is 43.0 Å². The van der Waals surface area contributed by atoms with E-state index in [9.17, 15) is 24.3 Å². The molecule has 4 atom stereocenters. The van der Waals surface area contributed by atoms with Gasteiger partial charge in [-0.2, -0.15) is 0 Å². The Balaban J connectivity index is 0.730. The average Bonchev–Trinajstić information content (AvgIpc) is 4.40. The number of fused-ring (bicyclic) bond motifs is 3. The van der Waals surface area contributed by atoms with E-state index < -0.39 is 59.1 Å². The lowest BCUT2D eigenvalue weighted by atomic mass is 9.85. The molecule has 0 saturated carbocycles. The third kappa shape index (κ3) is 12.5. The highest BCUT2D eigenvalue weighted by Gasteiger charge is 2.44. The number of aromatic nitrogens is 5. The molecule has 0 bridgehead atoms. The van der Waals surface area contributed by atoms with Crippen LogP contribution in [-0.4, -0.2) is 109 Å². The second kappa shape index (κ2) is 23.8. The maximum absolute atomic E-state index is 15.7. The number of amides is 4. The van der Waals surface area contributed by atoms with Crippen LogP contribution in [0.1, 0.15) is 90.5 Å². The first-order chi connectivity index (χ1) is 37.3. The second-order valence-corrected chi connectivity index (χ2v) is 22.9. The molecule has 2 aliphatic heterocycles. The standard InChI is InChI=1S/C57H60ClFN10O7S2/c1-31-33(3)78-56-49(31)50(36-13-16-39(58)17-14-36)64-45(53-67-66-34(4)69(53)56)25-47(71)63-44-19-15-38(23-42(44)59)43-20-18-41(27-60-43)76-22-8-21-75-29-48(72)65-52(57(5,6)7)55(74)68-28-40(70)24-46(68)54(73)61-26-35-9-11-37(12-10-35)51-32(2)62-30-77-51/h9-20,23,27,30,40,45-46,52,70H,8,21-22,24-26,28-29H2,1-7H3,(H,61,73)(H,63,71)(H,65,72)/t40-,45+,46+,52-/m1/s1. The summed E-state index contributed by atoms with van der Waals surface area (Å²) in [4.78, 5) is 71.8. The number of aryl methyl sites for hydroxylation is 3. The summed E-state index contributed by atoms with van der Waals surface area (Å²) in [5.41, 5.74) is 8.45. The van der Waals surface area contributed by atoms with Gasteiger partial charge in [0.15, 0.2) is 5.82 Å². The Bertz CT molecular complexity index is 3370. The lowest BCUT2D eigenvalue weighted by Crippen LogP contribution is -2.58. The maximum Gasteiger partial charge on any atom is 0.246 e. The summed E-state index contributed by atoms with van der Waals surface area (Å²) in [6, 6.07) is 20.5. The zero-order valence-electron chi connectivity index (χ0n) is 44.2. The molecule has 21 heteroatoms. The van der Waals surface area contributed by atoms with Gasteiger partial charge in [0, 0.05) is 52.5 Å². The normalized spacial score (nSPS) is 16.4. The zero-order valence-corrected chi connectivity index (χ0v) is 46.6. The summed E-state index contributed by atoms with van der Waals surface area (Å²) in [5, 5.41) is 29.4. The van der Waals surface area contributed by atoms with E-state index in [0.29, 0.717) is 45.8 Å². The summed E-state index contributed by atoms with van der Waals surface area (Å²) < 4.78 is 29.1. The number of ether oxygens (including phenoxy) is 2. The van der Waals surface area contributed by atoms with Gasteiger partial charge in [-0.15, -0.1) is 32.9 Å². The Morgan fingerprint density at radius 1 is 0.910 bits per heavy atom. The highest BCUT2D eigenvalue weighted by molar-refractivity contribution is 7.15. The fourth-order valence-electron chi connectivity index (χ4n) is 9.42. The van der Waals surface area contributed by atoms with Crippen LogP contribution in [0.4, 0.5) is 10.1 Å². The first-order valence-corrected chi connectivity index (χ1v) is 27.6. The molecule has 7 aromatic rings. The summed E-state index contributed by atoms with van der Waals surface area (Å²) in [6.45, 7) is 13.7. The number of aliphatic hydroxyl groups is 1. The third-order valence-corrected chi connectivity index (χ3v) is 16.1. The van der Waals surface area contributed by atoms with Crippen LogP contribution in [0.25, 0.3) is 26.7 Å². The number of pyridine rings is 1. The summed E-state index contributed by atoms with van der Waals surface area (Å²) in [7, 11) is 0. The molecule has 4 N–H and O–H groups in total. The topological polar surface area (TPSA) is 215 Å². The smallest absolute Gasteiger partial charge is 0.246 e. The van der Waals surface area contributed by atoms with Gasteiger partial charge in [0.25, 0.3) is 0 Å². The lowest BCUT2D eigenvalue weighted by molar-refractivity contribution is -0.144. The van der Waals surface area contributed by atoms with Gasteiger partial charge < -0.3 is 35.4 Å². The van der Waals surface area contributed by atoms with E-state index in [4.69, 9.17) is 26.1 Å². The highest BCUT2D eigenvalue weighted by Crippen LogP contribution is 2.40. The fourth-order valence-corrected chi connectivity index (χ4v) is 11.6. The number of aliphatic imine (C=N–C) groups is 1. The second-order valence-electron chi connectivity index (χ2n) is 20.4. The number of hydrogen-bond donors (Lipinski definition) is 4. The SMILES string of the molecule is Cc1ncsc1-c1ccc(CNC(=O)[C@@H]2C[C@@H](O)CN2C(=O)[C@@H](NC(=O)COCCCOc2ccc(-c3ccc(NC(=O)C[C@@H]4N=C(c5ccc(Cl)cc5)c5c(sc(C)c5C)-n5c(C)nnc54)c(F)c3)nc2)C(C)(C)C)cc1. The van der Waals surface area contributed by atoms with E-state index in [0.717, 1.165) is 48.3 Å². The van der Waals surface area contributed by atoms with Gasteiger partial charge in [0.05, 0.1) is 65.1 Å². The van der Waals surface area contributed by atoms with Crippen molar-refractivity contribution in [2.75, 3.05) is 31.7 Å². The third-order valence-electron chi connectivity index (χ3n) is 13.7. The number of likely N-dealkylation sites (tertiary alicyclic amines) is 1. The first-order valence-electron chi connectivity index (χ1n) is 25.5. The van der Waals surface area contributed by atoms with E-state index >= 15 is 4.39 Å². The molecule has 78 heavy (non-hydrogen) atoms. The average molecular weight is 1120 g/mol. The van der Waals surface area contributed by atoms with Crippen LogP contribution in [0.3, 0.4) is 0 Å². The number of anilines is 1. The molecule has 4 aromatic heterocycles.